The van der Waals surface area contributed by atoms with Crippen molar-refractivity contribution in [2.45, 2.75) is 27.2 Å². The normalized spacial score (nSPS) is 16.2. The molecule has 29 heavy (non-hydrogen) atoms. The van der Waals surface area contributed by atoms with Crippen LogP contribution in [0.25, 0.3) is 0 Å². The Morgan fingerprint density at radius 1 is 1.17 bits per heavy atom. The zero-order valence-corrected chi connectivity index (χ0v) is 17.0. The zero-order valence-electron chi connectivity index (χ0n) is 17.0. The summed E-state index contributed by atoms with van der Waals surface area (Å²) in [5.41, 5.74) is 2.90. The number of carbonyl (C=O) groups is 3. The Hall–Kier alpha value is -3.15. The van der Waals surface area contributed by atoms with Gasteiger partial charge in [-0.1, -0.05) is 26.0 Å². The van der Waals surface area contributed by atoms with E-state index in [9.17, 15) is 14.4 Å². The number of anilines is 2. The number of ether oxygens (including phenoxy) is 1. The third kappa shape index (κ3) is 5.22. The lowest BCUT2D eigenvalue weighted by atomic mass is 10.1. The van der Waals surface area contributed by atoms with Crippen LogP contribution in [0.3, 0.4) is 0 Å². The first-order chi connectivity index (χ1) is 13.8. The molecular formula is C23H26N2O4. The summed E-state index contributed by atoms with van der Waals surface area (Å²) < 4.78 is 5.20. The standard InChI is InChI=1S/C23H26N2O4/c1-15(2)14-29-23(28)17-7-9-19(10-8-17)24-22(27)18-12-21(26)25(13-18)20-6-4-5-16(3)11-20/h4-11,15,18H,12-14H2,1-3H3,(H,24,27)/t18-/m1/s1. The van der Waals surface area contributed by atoms with Crippen LogP contribution in [-0.4, -0.2) is 30.9 Å². The highest BCUT2D eigenvalue weighted by Gasteiger charge is 2.35. The second-order valence-corrected chi connectivity index (χ2v) is 7.80. The maximum Gasteiger partial charge on any atom is 0.338 e. The lowest BCUT2D eigenvalue weighted by molar-refractivity contribution is -0.122. The van der Waals surface area contributed by atoms with Gasteiger partial charge >= 0.3 is 5.97 Å². The van der Waals surface area contributed by atoms with Crippen LogP contribution in [0.2, 0.25) is 0 Å². The second kappa shape index (κ2) is 8.90. The quantitative estimate of drug-likeness (QED) is 0.756. The SMILES string of the molecule is Cc1cccc(N2C[C@H](C(=O)Nc3ccc(C(=O)OCC(C)C)cc3)CC2=O)c1. The van der Waals surface area contributed by atoms with Gasteiger partial charge in [-0.2, -0.15) is 0 Å². The summed E-state index contributed by atoms with van der Waals surface area (Å²) in [7, 11) is 0. The fourth-order valence-corrected chi connectivity index (χ4v) is 3.19. The highest BCUT2D eigenvalue weighted by molar-refractivity contribution is 6.03. The molecule has 2 aromatic rings. The topological polar surface area (TPSA) is 75.7 Å². The van der Waals surface area contributed by atoms with Gasteiger partial charge in [-0.15, -0.1) is 0 Å². The number of hydrogen-bond acceptors (Lipinski definition) is 4. The van der Waals surface area contributed by atoms with Crippen LogP contribution in [-0.2, 0) is 14.3 Å². The fourth-order valence-electron chi connectivity index (χ4n) is 3.19. The number of amides is 2. The molecule has 1 atom stereocenters. The molecule has 1 aliphatic rings. The molecule has 0 radical (unpaired) electrons. The first kappa shape index (κ1) is 20.6. The third-order valence-corrected chi connectivity index (χ3v) is 4.75. The van der Waals surface area contributed by atoms with Crippen molar-refractivity contribution in [3.8, 4) is 0 Å². The van der Waals surface area contributed by atoms with E-state index in [1.807, 2.05) is 45.0 Å². The van der Waals surface area contributed by atoms with Crippen molar-refractivity contribution in [1.82, 2.24) is 0 Å². The molecule has 1 fully saturated rings. The summed E-state index contributed by atoms with van der Waals surface area (Å²) in [5.74, 6) is -0.793. The molecule has 2 amide bonds. The Labute approximate surface area is 170 Å². The number of rotatable bonds is 6. The predicted molar refractivity (Wildman–Crippen MR) is 112 cm³/mol. The van der Waals surface area contributed by atoms with E-state index in [1.165, 1.54) is 0 Å². The summed E-state index contributed by atoms with van der Waals surface area (Å²) in [5, 5.41) is 2.83. The van der Waals surface area contributed by atoms with E-state index in [1.54, 1.807) is 29.2 Å². The third-order valence-electron chi connectivity index (χ3n) is 4.75. The highest BCUT2D eigenvalue weighted by Crippen LogP contribution is 2.26. The maximum atomic E-state index is 12.6. The van der Waals surface area contributed by atoms with Gasteiger partial charge in [-0.25, -0.2) is 4.79 Å². The van der Waals surface area contributed by atoms with Gasteiger partial charge in [0, 0.05) is 24.3 Å². The van der Waals surface area contributed by atoms with E-state index in [-0.39, 0.29) is 30.1 Å². The largest absolute Gasteiger partial charge is 0.462 e. The van der Waals surface area contributed by atoms with Gasteiger partial charge in [-0.05, 0) is 54.8 Å². The molecule has 0 aliphatic carbocycles. The van der Waals surface area contributed by atoms with Crippen molar-refractivity contribution in [3.63, 3.8) is 0 Å². The van der Waals surface area contributed by atoms with E-state index in [0.717, 1.165) is 11.3 Å². The molecule has 2 aromatic carbocycles. The van der Waals surface area contributed by atoms with Crippen LogP contribution in [0, 0.1) is 18.8 Å². The second-order valence-electron chi connectivity index (χ2n) is 7.80. The monoisotopic (exact) mass is 394 g/mol. The molecule has 1 aliphatic heterocycles. The lowest BCUT2D eigenvalue weighted by Gasteiger charge is -2.17. The molecule has 0 bridgehead atoms. The van der Waals surface area contributed by atoms with Crippen LogP contribution in [0.1, 0.15) is 36.2 Å². The zero-order chi connectivity index (χ0) is 21.0. The van der Waals surface area contributed by atoms with Crippen molar-refractivity contribution < 1.29 is 19.1 Å². The minimum absolute atomic E-state index is 0.0565. The van der Waals surface area contributed by atoms with E-state index >= 15 is 0 Å². The molecule has 0 unspecified atom stereocenters. The summed E-state index contributed by atoms with van der Waals surface area (Å²) in [4.78, 5) is 38.6. The lowest BCUT2D eigenvalue weighted by Crippen LogP contribution is -2.28. The first-order valence-electron chi connectivity index (χ1n) is 9.78. The average molecular weight is 394 g/mol. The fraction of sp³-hybridized carbons (Fsp3) is 0.348. The Morgan fingerprint density at radius 2 is 1.90 bits per heavy atom. The minimum atomic E-state index is -0.418. The van der Waals surface area contributed by atoms with Crippen LogP contribution in [0.15, 0.2) is 48.5 Å². The molecule has 1 saturated heterocycles. The Morgan fingerprint density at radius 3 is 2.55 bits per heavy atom. The van der Waals surface area contributed by atoms with Crippen LogP contribution in [0.5, 0.6) is 0 Å². The molecule has 0 saturated carbocycles. The first-order valence-corrected chi connectivity index (χ1v) is 9.78. The van der Waals surface area contributed by atoms with E-state index in [4.69, 9.17) is 4.74 Å². The molecule has 152 valence electrons. The van der Waals surface area contributed by atoms with Crippen LogP contribution < -0.4 is 10.2 Å². The Kier molecular flexibility index (Phi) is 6.32. The number of nitrogens with zero attached hydrogens (tertiary/aromatic N) is 1. The Balaban J connectivity index is 1.59. The molecule has 3 rings (SSSR count). The number of benzene rings is 2. The van der Waals surface area contributed by atoms with E-state index in [0.29, 0.717) is 24.4 Å². The van der Waals surface area contributed by atoms with E-state index < -0.39 is 5.92 Å². The van der Waals surface area contributed by atoms with Gasteiger partial charge in [0.1, 0.15) is 0 Å². The number of aryl methyl sites for hydroxylation is 1. The molecule has 0 spiro atoms. The maximum absolute atomic E-state index is 12.6. The summed E-state index contributed by atoms with van der Waals surface area (Å²) >= 11 is 0. The van der Waals surface area contributed by atoms with Crippen molar-refractivity contribution in [1.29, 1.82) is 0 Å². The van der Waals surface area contributed by atoms with Gasteiger partial charge in [0.25, 0.3) is 0 Å². The van der Waals surface area contributed by atoms with Crippen LogP contribution >= 0.6 is 0 Å². The Bertz CT molecular complexity index is 905. The average Bonchev–Trinajstić information content (AvgIpc) is 3.08. The molecule has 1 heterocycles. The van der Waals surface area contributed by atoms with Crippen molar-refractivity contribution in [2.75, 3.05) is 23.4 Å². The van der Waals surface area contributed by atoms with E-state index in [2.05, 4.69) is 5.32 Å². The molecule has 0 aromatic heterocycles. The van der Waals surface area contributed by atoms with Gasteiger partial charge in [0.05, 0.1) is 18.1 Å². The van der Waals surface area contributed by atoms with Crippen molar-refractivity contribution in [2.24, 2.45) is 11.8 Å². The van der Waals surface area contributed by atoms with Crippen molar-refractivity contribution >= 4 is 29.2 Å². The van der Waals surface area contributed by atoms with Crippen LogP contribution in [0.4, 0.5) is 11.4 Å². The van der Waals surface area contributed by atoms with Gasteiger partial charge < -0.3 is 15.0 Å². The summed E-state index contributed by atoms with van der Waals surface area (Å²) in [6.07, 6.45) is 0.180. The number of esters is 1. The number of carbonyl (C=O) groups excluding carboxylic acids is 3. The van der Waals surface area contributed by atoms with Crippen molar-refractivity contribution in [3.05, 3.63) is 59.7 Å². The molecule has 6 heteroatoms. The molecule has 1 N–H and O–H groups in total. The van der Waals surface area contributed by atoms with Gasteiger partial charge in [-0.3, -0.25) is 9.59 Å². The minimum Gasteiger partial charge on any atom is -0.462 e. The molecule has 6 nitrogen and oxygen atoms in total. The van der Waals surface area contributed by atoms with Gasteiger partial charge in [0.2, 0.25) is 11.8 Å². The summed E-state index contributed by atoms with van der Waals surface area (Å²) in [6, 6.07) is 14.3. The molecular weight excluding hydrogens is 368 g/mol. The van der Waals surface area contributed by atoms with Gasteiger partial charge in [0.15, 0.2) is 0 Å². The highest BCUT2D eigenvalue weighted by atomic mass is 16.5. The summed E-state index contributed by atoms with van der Waals surface area (Å²) in [6.45, 7) is 6.63. The smallest absolute Gasteiger partial charge is 0.338 e. The number of hydrogen-bond donors (Lipinski definition) is 1. The number of nitrogens with one attached hydrogen (secondary N) is 1. The predicted octanol–water partition coefficient (Wildman–Crippen LogP) is 3.80.